The molecule has 0 radical (unpaired) electrons. The molecule has 0 N–H and O–H groups in total. The number of hydrogen-bond donors (Lipinski definition) is 0. The van der Waals surface area contributed by atoms with Gasteiger partial charge in [0.1, 0.15) is 6.29 Å². The molecule has 0 unspecified atom stereocenters. The zero-order valence-electron chi connectivity index (χ0n) is 8.82. The molecule has 0 aromatic heterocycles. The summed E-state index contributed by atoms with van der Waals surface area (Å²) in [5, 5.41) is 10.5. The van der Waals surface area contributed by atoms with Crippen molar-refractivity contribution in [3.63, 3.8) is 0 Å². The number of nitrogens with zero attached hydrogens (tertiary/aromatic N) is 1. The molecule has 0 saturated heterocycles. The van der Waals surface area contributed by atoms with Crippen LogP contribution in [0.25, 0.3) is 0 Å². The number of carbonyl (C=O) groups is 1. The summed E-state index contributed by atoms with van der Waals surface area (Å²) in [7, 11) is 0. The summed E-state index contributed by atoms with van der Waals surface area (Å²) in [5.74, 6) is 4.30. The summed E-state index contributed by atoms with van der Waals surface area (Å²) in [6.45, 7) is 0. The van der Waals surface area contributed by atoms with E-state index in [2.05, 4.69) is 11.8 Å². The van der Waals surface area contributed by atoms with Crippen molar-refractivity contribution in [2.75, 3.05) is 0 Å². The first kappa shape index (κ1) is 13.7. The molecule has 0 aliphatic heterocycles. The zero-order chi connectivity index (χ0) is 13.8. The Hall–Kier alpha value is -2.36. The molecular formula is C11H6F3NO3. The Morgan fingerprint density at radius 3 is 2.56 bits per heavy atom. The second kappa shape index (κ2) is 5.31. The summed E-state index contributed by atoms with van der Waals surface area (Å²) in [6.07, 6.45) is -4.46. The lowest BCUT2D eigenvalue weighted by Gasteiger charge is -2.08. The smallest absolute Gasteiger partial charge is 0.302 e. The number of hydrogen-bond acceptors (Lipinski definition) is 3. The van der Waals surface area contributed by atoms with Crippen molar-refractivity contribution in [1.29, 1.82) is 0 Å². The Morgan fingerprint density at radius 2 is 2.06 bits per heavy atom. The number of halogens is 3. The van der Waals surface area contributed by atoms with Crippen molar-refractivity contribution in [2.24, 2.45) is 0 Å². The predicted molar refractivity (Wildman–Crippen MR) is 55.7 cm³/mol. The van der Waals surface area contributed by atoms with E-state index in [-0.39, 0.29) is 6.42 Å². The summed E-state index contributed by atoms with van der Waals surface area (Å²) in [5.41, 5.74) is -2.07. The van der Waals surface area contributed by atoms with Crippen molar-refractivity contribution >= 4 is 12.0 Å². The van der Waals surface area contributed by atoms with E-state index in [1.54, 1.807) is 0 Å². The van der Waals surface area contributed by atoms with Crippen LogP contribution in [0.1, 0.15) is 17.5 Å². The Kier molecular flexibility index (Phi) is 4.05. The molecule has 0 atom stereocenters. The Labute approximate surface area is 99.6 Å². The van der Waals surface area contributed by atoms with Crippen LogP contribution in [0.4, 0.5) is 18.9 Å². The molecular weight excluding hydrogens is 251 g/mol. The van der Waals surface area contributed by atoms with E-state index in [0.717, 1.165) is 12.1 Å². The average molecular weight is 257 g/mol. The van der Waals surface area contributed by atoms with Gasteiger partial charge >= 0.3 is 6.18 Å². The maximum Gasteiger partial charge on any atom is 0.417 e. The van der Waals surface area contributed by atoms with Gasteiger partial charge in [-0.25, -0.2) is 0 Å². The van der Waals surface area contributed by atoms with Crippen molar-refractivity contribution in [1.82, 2.24) is 0 Å². The van der Waals surface area contributed by atoms with Gasteiger partial charge in [0, 0.05) is 17.7 Å². The van der Waals surface area contributed by atoms with Gasteiger partial charge in [0.2, 0.25) is 0 Å². The number of benzene rings is 1. The molecule has 0 aliphatic carbocycles. The fraction of sp³-hybridized carbons (Fsp3) is 0.182. The van der Waals surface area contributed by atoms with Crippen molar-refractivity contribution in [3.8, 4) is 11.8 Å². The lowest BCUT2D eigenvalue weighted by Crippen LogP contribution is -2.08. The highest BCUT2D eigenvalue weighted by molar-refractivity contribution is 5.56. The second-order valence-corrected chi connectivity index (χ2v) is 3.16. The van der Waals surface area contributed by atoms with Gasteiger partial charge in [-0.2, -0.15) is 13.2 Å². The predicted octanol–water partition coefficient (Wildman–Crippen LogP) is 2.55. The third-order valence-corrected chi connectivity index (χ3v) is 1.93. The van der Waals surface area contributed by atoms with Crippen LogP contribution in [0.15, 0.2) is 18.2 Å². The molecule has 1 rings (SSSR count). The second-order valence-electron chi connectivity index (χ2n) is 3.16. The number of aldehydes is 1. The van der Waals surface area contributed by atoms with Gasteiger partial charge < -0.3 is 4.79 Å². The third kappa shape index (κ3) is 3.31. The van der Waals surface area contributed by atoms with Crippen LogP contribution in [-0.4, -0.2) is 11.2 Å². The summed E-state index contributed by atoms with van der Waals surface area (Å²) >= 11 is 0. The first-order valence-corrected chi connectivity index (χ1v) is 4.64. The highest BCUT2D eigenvalue weighted by Gasteiger charge is 2.33. The van der Waals surface area contributed by atoms with Crippen LogP contribution in [-0.2, 0) is 11.0 Å². The minimum Gasteiger partial charge on any atom is -0.302 e. The maximum absolute atomic E-state index is 12.6. The molecule has 1 aromatic carbocycles. The minimum absolute atomic E-state index is 0.236. The molecule has 0 bridgehead atoms. The van der Waals surface area contributed by atoms with Gasteiger partial charge in [0.15, 0.2) is 0 Å². The van der Waals surface area contributed by atoms with Gasteiger partial charge in [0.05, 0.1) is 16.9 Å². The van der Waals surface area contributed by atoms with Gasteiger partial charge in [-0.3, -0.25) is 10.1 Å². The molecule has 94 valence electrons. The van der Waals surface area contributed by atoms with E-state index in [0.29, 0.717) is 12.4 Å². The quantitative estimate of drug-likeness (QED) is 0.354. The normalized spacial score (nSPS) is 10.4. The summed E-state index contributed by atoms with van der Waals surface area (Å²) in [6, 6.07) is 2.09. The van der Waals surface area contributed by atoms with E-state index in [1.807, 2.05) is 0 Å². The van der Waals surface area contributed by atoms with E-state index >= 15 is 0 Å². The van der Waals surface area contributed by atoms with Gasteiger partial charge in [-0.05, 0) is 6.07 Å². The van der Waals surface area contributed by atoms with Crippen molar-refractivity contribution in [3.05, 3.63) is 39.4 Å². The highest BCUT2D eigenvalue weighted by atomic mass is 19.4. The fourth-order valence-corrected chi connectivity index (χ4v) is 1.18. The van der Waals surface area contributed by atoms with Crippen LogP contribution in [0.2, 0.25) is 0 Å². The molecule has 0 amide bonds. The molecule has 0 spiro atoms. The van der Waals surface area contributed by atoms with Crippen LogP contribution < -0.4 is 0 Å². The van der Waals surface area contributed by atoms with Gasteiger partial charge in [-0.1, -0.05) is 11.8 Å². The van der Waals surface area contributed by atoms with E-state index in [9.17, 15) is 28.1 Å². The van der Waals surface area contributed by atoms with Gasteiger partial charge in [-0.15, -0.1) is 0 Å². The maximum atomic E-state index is 12.6. The summed E-state index contributed by atoms with van der Waals surface area (Å²) < 4.78 is 37.7. The van der Waals surface area contributed by atoms with Crippen LogP contribution >= 0.6 is 0 Å². The van der Waals surface area contributed by atoms with Crippen molar-refractivity contribution in [2.45, 2.75) is 12.6 Å². The van der Waals surface area contributed by atoms with Crippen LogP contribution in [0.5, 0.6) is 0 Å². The molecule has 0 saturated carbocycles. The number of carbonyl (C=O) groups excluding carboxylic acids is 1. The largest absolute Gasteiger partial charge is 0.417 e. The number of non-ortho nitro benzene ring substituents is 1. The molecule has 18 heavy (non-hydrogen) atoms. The fourth-order valence-electron chi connectivity index (χ4n) is 1.18. The Balaban J connectivity index is 3.32. The molecule has 0 heterocycles. The first-order chi connectivity index (χ1) is 8.36. The lowest BCUT2D eigenvalue weighted by atomic mass is 10.1. The monoisotopic (exact) mass is 257 g/mol. The standard InChI is InChI=1S/C11H6F3NO3/c12-11(13,14)10-5-4-9(15(17)18)7-8(10)3-1-2-6-16/h4-7H,2H2. The number of alkyl halides is 3. The lowest BCUT2D eigenvalue weighted by molar-refractivity contribution is -0.384. The third-order valence-electron chi connectivity index (χ3n) is 1.93. The Morgan fingerprint density at radius 1 is 1.39 bits per heavy atom. The van der Waals surface area contributed by atoms with Gasteiger partial charge in [0.25, 0.3) is 5.69 Å². The highest BCUT2D eigenvalue weighted by Crippen LogP contribution is 2.33. The van der Waals surface area contributed by atoms with Crippen LogP contribution in [0.3, 0.4) is 0 Å². The number of nitro benzene ring substituents is 1. The average Bonchev–Trinajstić information content (AvgIpc) is 2.27. The van der Waals surface area contributed by atoms with Crippen LogP contribution in [0, 0.1) is 22.0 Å². The van der Waals surface area contributed by atoms with E-state index in [4.69, 9.17) is 0 Å². The minimum atomic E-state index is -4.65. The van der Waals surface area contributed by atoms with E-state index in [1.165, 1.54) is 0 Å². The Bertz CT molecular complexity index is 541. The topological polar surface area (TPSA) is 60.2 Å². The number of rotatable bonds is 2. The summed E-state index contributed by atoms with van der Waals surface area (Å²) in [4.78, 5) is 19.7. The van der Waals surface area contributed by atoms with E-state index < -0.39 is 27.9 Å². The number of nitro groups is 1. The molecule has 0 aliphatic rings. The zero-order valence-corrected chi connectivity index (χ0v) is 8.82. The molecule has 4 nitrogen and oxygen atoms in total. The molecule has 1 aromatic rings. The van der Waals surface area contributed by atoms with Crippen molar-refractivity contribution < 1.29 is 22.9 Å². The SMILES string of the molecule is O=CCC#Cc1cc([N+](=O)[O-])ccc1C(F)(F)F. The first-order valence-electron chi connectivity index (χ1n) is 4.64. The molecule has 7 heteroatoms. The molecule has 0 fully saturated rings.